The van der Waals surface area contributed by atoms with Crippen molar-refractivity contribution < 1.29 is 31.9 Å². The van der Waals surface area contributed by atoms with Crippen molar-refractivity contribution >= 4 is 23.4 Å². The average Bonchev–Trinajstić information content (AvgIpc) is 3.29. The first-order valence-corrected chi connectivity index (χ1v) is 11.7. The van der Waals surface area contributed by atoms with Gasteiger partial charge in [0.25, 0.3) is 5.91 Å². The van der Waals surface area contributed by atoms with Crippen molar-refractivity contribution in [1.82, 2.24) is 9.80 Å². The first kappa shape index (κ1) is 26.2. The molecule has 1 atom stereocenters. The molecule has 194 valence electrons. The molecule has 2 aliphatic rings. The van der Waals surface area contributed by atoms with Crippen LogP contribution >= 0.6 is 0 Å². The van der Waals surface area contributed by atoms with Gasteiger partial charge in [0.2, 0.25) is 11.8 Å². The predicted octanol–water partition coefficient (Wildman–Crippen LogP) is 3.83. The van der Waals surface area contributed by atoms with E-state index in [0.717, 1.165) is 23.1 Å². The third-order valence-corrected chi connectivity index (χ3v) is 6.83. The van der Waals surface area contributed by atoms with E-state index in [2.05, 4.69) is 5.92 Å². The number of anilines is 1. The number of carbonyl (C=O) groups is 3. The topological polar surface area (TPSA) is 60.9 Å². The molecule has 10 heteroatoms. The summed E-state index contributed by atoms with van der Waals surface area (Å²) in [6.45, 7) is 2.93. The van der Waals surface area contributed by atoms with Crippen LogP contribution in [0.3, 0.4) is 0 Å². The summed E-state index contributed by atoms with van der Waals surface area (Å²) in [6, 6.07) is 8.22. The van der Waals surface area contributed by atoms with Crippen molar-refractivity contribution in [3.63, 3.8) is 0 Å². The van der Waals surface area contributed by atoms with E-state index < -0.39 is 41.5 Å². The number of terminal acetylenes is 1. The van der Waals surface area contributed by atoms with Crippen LogP contribution in [-0.2, 0) is 27.1 Å². The van der Waals surface area contributed by atoms with Crippen LogP contribution in [0.15, 0.2) is 42.5 Å². The first-order chi connectivity index (χ1) is 17.4. The molecule has 4 rings (SSSR count). The third kappa shape index (κ3) is 4.78. The Bertz CT molecular complexity index is 1280. The lowest BCUT2D eigenvalue weighted by Gasteiger charge is -2.47. The van der Waals surface area contributed by atoms with Crippen LogP contribution in [0, 0.1) is 24.1 Å². The maximum absolute atomic E-state index is 14.9. The third-order valence-electron chi connectivity index (χ3n) is 6.83. The zero-order valence-corrected chi connectivity index (χ0v) is 20.3. The van der Waals surface area contributed by atoms with E-state index in [4.69, 9.17) is 6.42 Å². The van der Waals surface area contributed by atoms with E-state index >= 15 is 0 Å². The maximum Gasteiger partial charge on any atom is 0.416 e. The van der Waals surface area contributed by atoms with Crippen LogP contribution in [0.2, 0.25) is 0 Å². The smallest absolute Gasteiger partial charge is 0.339 e. The second kappa shape index (κ2) is 9.54. The molecule has 0 aromatic heterocycles. The Morgan fingerprint density at radius 1 is 1.14 bits per heavy atom. The van der Waals surface area contributed by atoms with Gasteiger partial charge >= 0.3 is 6.18 Å². The van der Waals surface area contributed by atoms with E-state index in [-0.39, 0.29) is 49.1 Å². The van der Waals surface area contributed by atoms with Gasteiger partial charge in [0.05, 0.1) is 17.8 Å². The van der Waals surface area contributed by atoms with Gasteiger partial charge in [0.15, 0.2) is 0 Å². The van der Waals surface area contributed by atoms with E-state index in [1.807, 2.05) is 0 Å². The van der Waals surface area contributed by atoms with Gasteiger partial charge in [-0.25, -0.2) is 4.39 Å². The molecule has 2 saturated heterocycles. The van der Waals surface area contributed by atoms with Crippen LogP contribution in [0.5, 0.6) is 0 Å². The van der Waals surface area contributed by atoms with Crippen molar-refractivity contribution in [3.8, 4) is 12.3 Å². The zero-order chi connectivity index (χ0) is 27.1. The lowest BCUT2D eigenvalue weighted by Crippen LogP contribution is -2.69. The lowest BCUT2D eigenvalue weighted by molar-refractivity contribution is -0.152. The standard InChI is InChI=1S/C27H25F4N3O3/c1-4-18-7-10-22(21(28)13-18)33-15-23(35)34(14-19-5-8-20(9-6-19)27(29,30)31)26(25(33)37)11-12-32(16-26)24(36)17(2)3/h1,5-10,13,17H,11-12,14-16H2,2-3H3. The van der Waals surface area contributed by atoms with Crippen LogP contribution in [-0.4, -0.2) is 52.7 Å². The number of carbonyl (C=O) groups excluding carboxylic acids is 3. The number of likely N-dealkylation sites (tertiary alicyclic amines) is 1. The number of alkyl halides is 3. The monoisotopic (exact) mass is 515 g/mol. The second-order valence-corrected chi connectivity index (χ2v) is 9.57. The highest BCUT2D eigenvalue weighted by molar-refractivity contribution is 6.10. The Labute approximate surface area is 211 Å². The minimum atomic E-state index is -4.51. The highest BCUT2D eigenvalue weighted by atomic mass is 19.4. The molecule has 3 amide bonds. The molecule has 0 N–H and O–H groups in total. The summed E-state index contributed by atoms with van der Waals surface area (Å²) >= 11 is 0. The first-order valence-electron chi connectivity index (χ1n) is 11.7. The molecule has 0 aliphatic carbocycles. The number of hydrogen-bond donors (Lipinski definition) is 0. The van der Waals surface area contributed by atoms with Crippen LogP contribution in [0.4, 0.5) is 23.2 Å². The van der Waals surface area contributed by atoms with Gasteiger partial charge in [-0.15, -0.1) is 6.42 Å². The Balaban J connectivity index is 1.72. The summed E-state index contributed by atoms with van der Waals surface area (Å²) in [6.07, 6.45) is 0.920. The van der Waals surface area contributed by atoms with E-state index in [9.17, 15) is 31.9 Å². The van der Waals surface area contributed by atoms with Crippen LogP contribution in [0.25, 0.3) is 0 Å². The molecule has 0 radical (unpaired) electrons. The van der Waals surface area contributed by atoms with Gasteiger partial charge in [-0.2, -0.15) is 13.2 Å². The Morgan fingerprint density at radius 2 is 1.81 bits per heavy atom. The van der Waals surface area contributed by atoms with Gasteiger partial charge in [-0.05, 0) is 42.3 Å². The summed E-state index contributed by atoms with van der Waals surface area (Å²) in [5.74, 6) is -0.0872. The molecule has 0 bridgehead atoms. The van der Waals surface area contributed by atoms with Gasteiger partial charge in [-0.1, -0.05) is 31.9 Å². The second-order valence-electron chi connectivity index (χ2n) is 9.57. The predicted molar refractivity (Wildman–Crippen MR) is 127 cm³/mol. The molecular weight excluding hydrogens is 490 g/mol. The number of rotatable bonds is 4. The summed E-state index contributed by atoms with van der Waals surface area (Å²) in [7, 11) is 0. The number of amides is 3. The molecular formula is C27H25F4N3O3. The molecule has 2 fully saturated rings. The number of piperazine rings is 1. The lowest BCUT2D eigenvalue weighted by atomic mass is 9.89. The van der Waals surface area contributed by atoms with Gasteiger partial charge < -0.3 is 9.80 Å². The minimum absolute atomic E-state index is 0.101. The number of hydrogen-bond acceptors (Lipinski definition) is 3. The number of halogens is 4. The highest BCUT2D eigenvalue weighted by Gasteiger charge is 2.57. The molecule has 1 unspecified atom stereocenters. The van der Waals surface area contributed by atoms with Crippen molar-refractivity contribution in [2.45, 2.75) is 38.5 Å². The fraction of sp³-hybridized carbons (Fsp3) is 0.370. The highest BCUT2D eigenvalue weighted by Crippen LogP contribution is 2.38. The quantitative estimate of drug-likeness (QED) is 0.460. The Morgan fingerprint density at radius 3 is 2.38 bits per heavy atom. The van der Waals surface area contributed by atoms with Gasteiger partial charge in [0, 0.05) is 24.6 Å². The minimum Gasteiger partial charge on any atom is -0.339 e. The summed E-state index contributed by atoms with van der Waals surface area (Å²) in [5.41, 5.74) is -1.79. The van der Waals surface area contributed by atoms with Crippen molar-refractivity contribution in [2.75, 3.05) is 24.5 Å². The summed E-state index contributed by atoms with van der Waals surface area (Å²) in [4.78, 5) is 44.0. The fourth-order valence-corrected chi connectivity index (χ4v) is 4.87. The molecule has 6 nitrogen and oxygen atoms in total. The largest absolute Gasteiger partial charge is 0.416 e. The van der Waals surface area contributed by atoms with Crippen molar-refractivity contribution in [1.29, 1.82) is 0 Å². The fourth-order valence-electron chi connectivity index (χ4n) is 4.87. The average molecular weight is 516 g/mol. The number of benzene rings is 2. The van der Waals surface area contributed by atoms with Crippen molar-refractivity contribution in [3.05, 3.63) is 65.0 Å². The van der Waals surface area contributed by atoms with Crippen molar-refractivity contribution in [2.24, 2.45) is 5.92 Å². The van der Waals surface area contributed by atoms with Gasteiger partial charge in [0.1, 0.15) is 17.9 Å². The molecule has 2 aliphatic heterocycles. The summed E-state index contributed by atoms with van der Waals surface area (Å²) in [5, 5.41) is 0. The molecule has 0 saturated carbocycles. The van der Waals surface area contributed by atoms with Crippen LogP contribution < -0.4 is 4.90 Å². The van der Waals surface area contributed by atoms with Gasteiger partial charge in [-0.3, -0.25) is 19.3 Å². The molecule has 2 aromatic rings. The Kier molecular flexibility index (Phi) is 6.76. The van der Waals surface area contributed by atoms with Crippen LogP contribution in [0.1, 0.15) is 37.0 Å². The Hall–Kier alpha value is -3.87. The SMILES string of the molecule is C#Cc1ccc(N2CC(=O)N(Cc3ccc(C(F)(F)F)cc3)C3(CCN(C(=O)C(C)C)C3)C2=O)c(F)c1. The molecule has 37 heavy (non-hydrogen) atoms. The van der Waals surface area contributed by atoms with E-state index in [0.29, 0.717) is 5.56 Å². The van der Waals surface area contributed by atoms with E-state index in [1.165, 1.54) is 34.1 Å². The molecule has 1 spiro atoms. The number of nitrogens with zero attached hydrogens (tertiary/aromatic N) is 3. The zero-order valence-electron chi connectivity index (χ0n) is 20.3. The normalized spacial score (nSPS) is 20.2. The molecule has 2 aromatic carbocycles. The molecule has 2 heterocycles. The van der Waals surface area contributed by atoms with E-state index in [1.54, 1.807) is 13.8 Å². The summed E-state index contributed by atoms with van der Waals surface area (Å²) < 4.78 is 53.9. The maximum atomic E-state index is 14.9.